The van der Waals surface area contributed by atoms with Gasteiger partial charge < -0.3 is 0 Å². The van der Waals surface area contributed by atoms with Crippen LogP contribution >= 0.6 is 0 Å². The van der Waals surface area contributed by atoms with E-state index in [2.05, 4.69) is 4.98 Å². The van der Waals surface area contributed by atoms with E-state index in [-0.39, 0.29) is 0 Å². The summed E-state index contributed by atoms with van der Waals surface area (Å²) >= 11 is 0. The highest BCUT2D eigenvalue weighted by Gasteiger charge is 2.37. The highest BCUT2D eigenvalue weighted by atomic mass is 19.4. The van der Waals surface area contributed by atoms with Crippen LogP contribution < -0.4 is 0 Å². The van der Waals surface area contributed by atoms with Crippen LogP contribution in [-0.2, 0) is 6.18 Å². The number of aromatic nitrogens is 1. The third-order valence-corrected chi connectivity index (χ3v) is 2.21. The van der Waals surface area contributed by atoms with Gasteiger partial charge in [-0.25, -0.2) is 4.98 Å². The van der Waals surface area contributed by atoms with Gasteiger partial charge in [-0.2, -0.15) is 29.0 Å². The number of rotatable bonds is 1. The molecule has 1 rings (SSSR count). The van der Waals surface area contributed by atoms with Crippen LogP contribution in [0.5, 0.6) is 0 Å². The molecule has 0 spiro atoms. The Bertz CT molecular complexity index is 599. The van der Waals surface area contributed by atoms with Crippen LogP contribution in [0.4, 0.5) is 13.2 Å². The van der Waals surface area contributed by atoms with Crippen LogP contribution in [0.3, 0.4) is 0 Å². The Kier molecular flexibility index (Phi) is 3.54. The average molecular weight is 250 g/mol. The van der Waals surface area contributed by atoms with Gasteiger partial charge in [-0.15, -0.1) is 0 Å². The van der Waals surface area contributed by atoms with Crippen molar-refractivity contribution in [2.75, 3.05) is 0 Å². The summed E-state index contributed by atoms with van der Waals surface area (Å²) in [5.41, 5.74) is -2.71. The molecule has 90 valence electrons. The first kappa shape index (κ1) is 13.5. The largest absolute Gasteiger partial charge is 0.416 e. The number of nitrogens with zero attached hydrogens (tertiary/aromatic N) is 4. The Hall–Kier alpha value is -2.59. The lowest BCUT2D eigenvalue weighted by Gasteiger charge is -2.15. The minimum Gasteiger partial charge on any atom is -0.226 e. The molecule has 4 nitrogen and oxygen atoms in total. The van der Waals surface area contributed by atoms with Crippen molar-refractivity contribution in [3.63, 3.8) is 0 Å². The first-order valence-corrected chi connectivity index (χ1v) is 4.67. The molecular formula is C11H5F3N4. The predicted octanol–water partition coefficient (Wildman–Crippen LogP) is 2.47. The Morgan fingerprint density at radius 2 is 1.83 bits per heavy atom. The molecule has 0 aliphatic rings. The molecule has 1 unspecified atom stereocenters. The summed E-state index contributed by atoms with van der Waals surface area (Å²) in [7, 11) is 0. The molecule has 1 aromatic heterocycles. The third-order valence-electron chi connectivity index (χ3n) is 2.21. The van der Waals surface area contributed by atoms with Crippen molar-refractivity contribution in [1.82, 2.24) is 4.98 Å². The first-order chi connectivity index (χ1) is 8.35. The van der Waals surface area contributed by atoms with Gasteiger partial charge in [0.05, 0.1) is 17.6 Å². The average Bonchev–Trinajstić information content (AvgIpc) is 2.34. The van der Waals surface area contributed by atoms with E-state index in [0.29, 0.717) is 6.07 Å². The number of pyridine rings is 1. The molecule has 1 atom stereocenters. The second kappa shape index (κ2) is 4.73. The van der Waals surface area contributed by atoms with Crippen LogP contribution in [0, 0.1) is 34.0 Å². The van der Waals surface area contributed by atoms with Crippen molar-refractivity contribution in [2.45, 2.75) is 19.0 Å². The van der Waals surface area contributed by atoms with Crippen molar-refractivity contribution in [3.8, 4) is 18.2 Å². The van der Waals surface area contributed by atoms with Crippen molar-refractivity contribution >= 4 is 0 Å². The van der Waals surface area contributed by atoms with Gasteiger partial charge in [-0.1, -0.05) is 0 Å². The predicted molar refractivity (Wildman–Crippen MR) is 52.7 cm³/mol. The third kappa shape index (κ3) is 2.39. The fraction of sp³-hybridized carbons (Fsp3) is 0.273. The van der Waals surface area contributed by atoms with Crippen LogP contribution in [-0.4, -0.2) is 4.98 Å². The van der Waals surface area contributed by atoms with Gasteiger partial charge in [0.1, 0.15) is 23.5 Å². The van der Waals surface area contributed by atoms with Crippen molar-refractivity contribution in [2.24, 2.45) is 0 Å². The molecule has 1 heterocycles. The van der Waals surface area contributed by atoms with Crippen LogP contribution in [0.2, 0.25) is 0 Å². The molecule has 1 aromatic rings. The van der Waals surface area contributed by atoms with E-state index in [1.54, 1.807) is 6.07 Å². The van der Waals surface area contributed by atoms with Gasteiger partial charge in [-0.3, -0.25) is 0 Å². The molecule has 0 bridgehead atoms. The summed E-state index contributed by atoms with van der Waals surface area (Å²) < 4.78 is 38.5. The smallest absolute Gasteiger partial charge is 0.226 e. The molecule has 0 fully saturated rings. The SMILES string of the molecule is CC(C#N)c1c(C(F)(F)F)cc(C#N)nc1C#N. The Labute approximate surface area is 101 Å². The monoisotopic (exact) mass is 250 g/mol. The van der Waals surface area contributed by atoms with E-state index in [4.69, 9.17) is 15.8 Å². The van der Waals surface area contributed by atoms with Gasteiger partial charge in [0.2, 0.25) is 0 Å². The fourth-order valence-electron chi connectivity index (χ4n) is 1.43. The first-order valence-electron chi connectivity index (χ1n) is 4.67. The molecule has 0 radical (unpaired) electrons. The maximum absolute atomic E-state index is 12.8. The summed E-state index contributed by atoms with van der Waals surface area (Å²) in [5, 5.41) is 26.1. The summed E-state index contributed by atoms with van der Waals surface area (Å²) in [4.78, 5) is 3.48. The van der Waals surface area contributed by atoms with E-state index in [9.17, 15) is 13.2 Å². The molecule has 0 amide bonds. The summed E-state index contributed by atoms with van der Waals surface area (Å²) in [6.07, 6.45) is -4.75. The zero-order valence-corrected chi connectivity index (χ0v) is 9.08. The van der Waals surface area contributed by atoms with E-state index >= 15 is 0 Å². The molecule has 0 aliphatic carbocycles. The van der Waals surface area contributed by atoms with Crippen LogP contribution in [0.25, 0.3) is 0 Å². The Morgan fingerprint density at radius 3 is 2.22 bits per heavy atom. The quantitative estimate of drug-likeness (QED) is 0.766. The second-order valence-electron chi connectivity index (χ2n) is 3.39. The number of nitriles is 3. The van der Waals surface area contributed by atoms with Gasteiger partial charge >= 0.3 is 6.18 Å². The lowest BCUT2D eigenvalue weighted by atomic mass is 9.94. The van der Waals surface area contributed by atoms with E-state index in [0.717, 1.165) is 0 Å². The van der Waals surface area contributed by atoms with E-state index < -0.39 is 34.6 Å². The van der Waals surface area contributed by atoms with Gasteiger partial charge in [0.15, 0.2) is 0 Å². The van der Waals surface area contributed by atoms with Crippen LogP contribution in [0.15, 0.2) is 6.07 Å². The summed E-state index contributed by atoms with van der Waals surface area (Å²) in [5.74, 6) is -1.14. The molecule has 0 aliphatic heterocycles. The molecule has 7 heteroatoms. The normalized spacial score (nSPS) is 12.1. The molecule has 0 aromatic carbocycles. The highest BCUT2D eigenvalue weighted by molar-refractivity contribution is 5.47. The van der Waals surface area contributed by atoms with E-state index in [1.807, 2.05) is 0 Å². The standard InChI is InChI=1S/C11H5F3N4/c1-6(3-15)10-8(11(12,13)14)2-7(4-16)18-9(10)5-17/h2,6H,1H3. The van der Waals surface area contributed by atoms with Gasteiger partial charge in [-0.05, 0) is 13.0 Å². The Balaban J connectivity index is 3.73. The number of halogens is 3. The molecule has 0 saturated heterocycles. The Morgan fingerprint density at radius 1 is 1.22 bits per heavy atom. The second-order valence-corrected chi connectivity index (χ2v) is 3.39. The minimum absolute atomic E-state index is 0.494. The van der Waals surface area contributed by atoms with E-state index in [1.165, 1.54) is 19.1 Å². The molecule has 0 N–H and O–H groups in total. The lowest BCUT2D eigenvalue weighted by Crippen LogP contribution is -2.14. The summed E-state index contributed by atoms with van der Waals surface area (Å²) in [6.45, 7) is 1.24. The molecule has 18 heavy (non-hydrogen) atoms. The summed E-state index contributed by atoms with van der Waals surface area (Å²) in [6, 6.07) is 5.12. The van der Waals surface area contributed by atoms with Crippen molar-refractivity contribution in [1.29, 1.82) is 15.8 Å². The number of alkyl halides is 3. The zero-order chi connectivity index (χ0) is 13.9. The zero-order valence-electron chi connectivity index (χ0n) is 9.08. The minimum atomic E-state index is -4.75. The highest BCUT2D eigenvalue weighted by Crippen LogP contribution is 2.36. The molecule has 0 saturated carbocycles. The number of hydrogen-bond donors (Lipinski definition) is 0. The lowest BCUT2D eigenvalue weighted by molar-refractivity contribution is -0.138. The van der Waals surface area contributed by atoms with Crippen molar-refractivity contribution < 1.29 is 13.2 Å². The maximum Gasteiger partial charge on any atom is 0.416 e. The maximum atomic E-state index is 12.8. The topological polar surface area (TPSA) is 84.3 Å². The van der Waals surface area contributed by atoms with Crippen LogP contribution in [0.1, 0.15) is 35.4 Å². The molecular weight excluding hydrogens is 245 g/mol. The fourth-order valence-corrected chi connectivity index (χ4v) is 1.43. The van der Waals surface area contributed by atoms with Crippen molar-refractivity contribution in [3.05, 3.63) is 28.6 Å². The van der Waals surface area contributed by atoms with Gasteiger partial charge in [0.25, 0.3) is 0 Å². The van der Waals surface area contributed by atoms with Gasteiger partial charge in [0, 0.05) is 5.56 Å². The number of hydrogen-bond acceptors (Lipinski definition) is 4.